The van der Waals surface area contributed by atoms with Crippen molar-refractivity contribution in [1.82, 2.24) is 25.4 Å². The van der Waals surface area contributed by atoms with Gasteiger partial charge in [0, 0.05) is 0 Å². The van der Waals surface area contributed by atoms with Gasteiger partial charge in [0.2, 0.25) is 17.5 Å². The first-order chi connectivity index (χ1) is 11.3. The Hall–Kier alpha value is -1.92. The van der Waals surface area contributed by atoms with E-state index in [9.17, 15) is 0 Å². The molecule has 2 aromatic rings. The second kappa shape index (κ2) is 9.97. The van der Waals surface area contributed by atoms with Crippen LogP contribution in [0.2, 0.25) is 0 Å². The molecule has 0 aromatic carbocycles. The van der Waals surface area contributed by atoms with Crippen LogP contribution in [0.3, 0.4) is 0 Å². The summed E-state index contributed by atoms with van der Waals surface area (Å²) in [6.07, 6.45) is 13.0. The third-order valence-electron chi connectivity index (χ3n) is 3.91. The van der Waals surface area contributed by atoms with E-state index in [0.717, 1.165) is 6.42 Å². The zero-order chi connectivity index (χ0) is 16.3. The van der Waals surface area contributed by atoms with E-state index >= 15 is 0 Å². The van der Waals surface area contributed by atoms with Crippen molar-refractivity contribution in [1.29, 1.82) is 0 Å². The van der Waals surface area contributed by atoms with Gasteiger partial charge in [-0.25, -0.2) is 0 Å². The number of aromatic amines is 1. The summed E-state index contributed by atoms with van der Waals surface area (Å²) in [6, 6.07) is 0. The molecule has 23 heavy (non-hydrogen) atoms. The van der Waals surface area contributed by atoms with Gasteiger partial charge in [0.1, 0.15) is 0 Å². The van der Waals surface area contributed by atoms with Crippen molar-refractivity contribution in [3.8, 4) is 5.88 Å². The third-order valence-corrected chi connectivity index (χ3v) is 3.91. The molecule has 7 heteroatoms. The van der Waals surface area contributed by atoms with Gasteiger partial charge in [0.25, 0.3) is 0 Å². The van der Waals surface area contributed by atoms with E-state index in [-0.39, 0.29) is 5.95 Å². The van der Waals surface area contributed by atoms with Gasteiger partial charge in [-0.05, 0) is 6.42 Å². The van der Waals surface area contributed by atoms with Crippen molar-refractivity contribution in [2.24, 2.45) is 0 Å². The number of ether oxygens (including phenoxy) is 1. The van der Waals surface area contributed by atoms with Crippen LogP contribution in [0.1, 0.15) is 71.1 Å². The number of hydrogen-bond donors (Lipinski definition) is 2. The molecule has 0 saturated carbocycles. The lowest BCUT2D eigenvalue weighted by molar-refractivity contribution is 0.296. The quantitative estimate of drug-likeness (QED) is 0.579. The summed E-state index contributed by atoms with van der Waals surface area (Å²) in [6.45, 7) is 2.88. The van der Waals surface area contributed by atoms with Crippen molar-refractivity contribution in [3.63, 3.8) is 0 Å². The number of nitrogens with two attached hydrogens (primary N) is 1. The summed E-state index contributed by atoms with van der Waals surface area (Å²) >= 11 is 0. The lowest BCUT2D eigenvalue weighted by Crippen LogP contribution is -2.03. The molecule has 2 aromatic heterocycles. The SMILES string of the molecule is CCCCCCCCCCCCOc1nc(N)nc2n[nH]nc12. The van der Waals surface area contributed by atoms with Crippen LogP contribution < -0.4 is 10.5 Å². The van der Waals surface area contributed by atoms with Gasteiger partial charge in [0.15, 0.2) is 5.52 Å². The van der Waals surface area contributed by atoms with Crippen LogP contribution in [0.5, 0.6) is 5.88 Å². The van der Waals surface area contributed by atoms with Crippen LogP contribution in [0, 0.1) is 0 Å². The maximum Gasteiger partial charge on any atom is 0.249 e. The molecule has 0 aliphatic carbocycles. The molecule has 2 rings (SSSR count). The van der Waals surface area contributed by atoms with Gasteiger partial charge in [0.05, 0.1) is 6.61 Å². The number of nitrogens with zero attached hydrogens (tertiary/aromatic N) is 4. The van der Waals surface area contributed by atoms with Crippen LogP contribution in [-0.2, 0) is 0 Å². The number of hydrogen-bond acceptors (Lipinski definition) is 6. The fourth-order valence-corrected chi connectivity index (χ4v) is 2.60. The Bertz CT molecular complexity index is 571. The lowest BCUT2D eigenvalue weighted by Gasteiger charge is -2.06. The number of unbranched alkanes of at least 4 members (excludes halogenated alkanes) is 9. The van der Waals surface area contributed by atoms with Crippen LogP contribution in [0.15, 0.2) is 0 Å². The number of nitrogens with one attached hydrogen (secondary N) is 1. The van der Waals surface area contributed by atoms with Gasteiger partial charge >= 0.3 is 0 Å². The van der Waals surface area contributed by atoms with E-state index in [1.54, 1.807) is 0 Å². The van der Waals surface area contributed by atoms with Crippen molar-refractivity contribution in [2.45, 2.75) is 71.1 Å². The monoisotopic (exact) mass is 320 g/mol. The zero-order valence-corrected chi connectivity index (χ0v) is 14.1. The van der Waals surface area contributed by atoms with E-state index in [4.69, 9.17) is 10.5 Å². The number of nitrogen functional groups attached to an aromatic ring is 1. The average Bonchev–Trinajstić information content (AvgIpc) is 3.00. The van der Waals surface area contributed by atoms with Crippen molar-refractivity contribution in [3.05, 3.63) is 0 Å². The molecule has 0 unspecified atom stereocenters. The van der Waals surface area contributed by atoms with E-state index in [1.807, 2.05) is 0 Å². The third kappa shape index (κ3) is 6.00. The molecular formula is C16H28N6O. The predicted octanol–water partition coefficient (Wildman–Crippen LogP) is 3.63. The molecular weight excluding hydrogens is 292 g/mol. The Labute approximate surface area is 137 Å². The molecule has 3 N–H and O–H groups in total. The summed E-state index contributed by atoms with van der Waals surface area (Å²) < 4.78 is 5.68. The minimum atomic E-state index is 0.157. The van der Waals surface area contributed by atoms with E-state index in [1.165, 1.54) is 57.8 Å². The van der Waals surface area contributed by atoms with Crippen LogP contribution in [-0.4, -0.2) is 32.0 Å². The molecule has 128 valence electrons. The Morgan fingerprint density at radius 1 is 0.870 bits per heavy atom. The average molecular weight is 320 g/mol. The van der Waals surface area contributed by atoms with E-state index in [2.05, 4.69) is 32.3 Å². The summed E-state index contributed by atoms with van der Waals surface area (Å²) in [5.74, 6) is 0.571. The maximum absolute atomic E-state index is 5.68. The fourth-order valence-electron chi connectivity index (χ4n) is 2.60. The highest BCUT2D eigenvalue weighted by Crippen LogP contribution is 2.19. The highest BCUT2D eigenvalue weighted by Gasteiger charge is 2.10. The number of anilines is 1. The molecule has 0 radical (unpaired) electrons. The Kier molecular flexibility index (Phi) is 7.56. The molecule has 0 spiro atoms. The second-order valence-corrected chi connectivity index (χ2v) is 5.91. The molecule has 0 amide bonds. The Morgan fingerprint density at radius 2 is 1.52 bits per heavy atom. The van der Waals surface area contributed by atoms with E-state index < -0.39 is 0 Å². The molecule has 0 aliphatic rings. The normalized spacial score (nSPS) is 11.2. The number of H-pyrrole nitrogens is 1. The fraction of sp³-hybridized carbons (Fsp3) is 0.750. The summed E-state index contributed by atoms with van der Waals surface area (Å²) in [5.41, 5.74) is 6.60. The second-order valence-electron chi connectivity index (χ2n) is 5.91. The van der Waals surface area contributed by atoms with Crippen LogP contribution >= 0.6 is 0 Å². The minimum absolute atomic E-state index is 0.157. The number of fused-ring (bicyclic) bond motifs is 1. The van der Waals surface area contributed by atoms with Gasteiger partial charge in [-0.2, -0.15) is 15.2 Å². The van der Waals surface area contributed by atoms with Crippen molar-refractivity contribution < 1.29 is 4.74 Å². The smallest absolute Gasteiger partial charge is 0.249 e. The molecule has 0 fully saturated rings. The van der Waals surface area contributed by atoms with Crippen LogP contribution in [0.4, 0.5) is 5.95 Å². The minimum Gasteiger partial charge on any atom is -0.476 e. The number of rotatable bonds is 12. The topological polar surface area (TPSA) is 103 Å². The van der Waals surface area contributed by atoms with Crippen molar-refractivity contribution >= 4 is 17.1 Å². The first-order valence-corrected chi connectivity index (χ1v) is 8.78. The van der Waals surface area contributed by atoms with Gasteiger partial charge in [-0.1, -0.05) is 64.7 Å². The summed E-state index contributed by atoms with van der Waals surface area (Å²) in [5, 5.41) is 10.4. The molecule has 0 bridgehead atoms. The molecule has 2 heterocycles. The summed E-state index contributed by atoms with van der Waals surface area (Å²) in [7, 11) is 0. The highest BCUT2D eigenvalue weighted by molar-refractivity contribution is 5.75. The number of aromatic nitrogens is 5. The maximum atomic E-state index is 5.68. The Morgan fingerprint density at radius 3 is 2.22 bits per heavy atom. The highest BCUT2D eigenvalue weighted by atomic mass is 16.5. The van der Waals surface area contributed by atoms with Gasteiger partial charge < -0.3 is 10.5 Å². The van der Waals surface area contributed by atoms with Gasteiger partial charge in [-0.15, -0.1) is 10.2 Å². The largest absolute Gasteiger partial charge is 0.476 e. The van der Waals surface area contributed by atoms with Crippen LogP contribution in [0.25, 0.3) is 11.2 Å². The molecule has 0 atom stereocenters. The predicted molar refractivity (Wildman–Crippen MR) is 91.2 cm³/mol. The first-order valence-electron chi connectivity index (χ1n) is 8.78. The molecule has 7 nitrogen and oxygen atoms in total. The first kappa shape index (κ1) is 17.4. The lowest BCUT2D eigenvalue weighted by atomic mass is 10.1. The molecule has 0 aliphatic heterocycles. The van der Waals surface area contributed by atoms with Crippen molar-refractivity contribution in [2.75, 3.05) is 12.3 Å². The Balaban J connectivity index is 1.54. The standard InChI is InChI=1S/C16H28N6O/c1-2-3-4-5-6-7-8-9-10-11-12-23-15-13-14(21-22-20-13)18-16(17)19-15/h2-12H2,1H3,(H3,17,18,19,20,21,22). The van der Waals surface area contributed by atoms with Gasteiger partial charge in [-0.3, -0.25) is 0 Å². The zero-order valence-electron chi connectivity index (χ0n) is 14.1. The van der Waals surface area contributed by atoms with E-state index in [0.29, 0.717) is 23.7 Å². The molecule has 0 saturated heterocycles. The summed E-state index contributed by atoms with van der Waals surface area (Å²) in [4.78, 5) is 8.06.